The van der Waals surface area contributed by atoms with Crippen molar-refractivity contribution < 1.29 is 9.59 Å². The normalized spacial score (nSPS) is 22.2. The van der Waals surface area contributed by atoms with Gasteiger partial charge in [0.1, 0.15) is 5.82 Å². The Kier molecular flexibility index (Phi) is 6.98. The van der Waals surface area contributed by atoms with Crippen LogP contribution in [0.2, 0.25) is 0 Å². The summed E-state index contributed by atoms with van der Waals surface area (Å²) in [6.07, 6.45) is 10.8. The van der Waals surface area contributed by atoms with E-state index in [1.807, 2.05) is 18.2 Å². The van der Waals surface area contributed by atoms with Crippen molar-refractivity contribution in [2.24, 2.45) is 5.92 Å². The van der Waals surface area contributed by atoms with E-state index in [1.165, 1.54) is 6.20 Å². The fourth-order valence-electron chi connectivity index (χ4n) is 3.77. The van der Waals surface area contributed by atoms with Gasteiger partial charge in [-0.1, -0.05) is 37.3 Å². The summed E-state index contributed by atoms with van der Waals surface area (Å²) in [5.41, 5.74) is 8.14. The second-order valence-corrected chi connectivity index (χ2v) is 8.87. The second kappa shape index (κ2) is 9.47. The van der Waals surface area contributed by atoms with Crippen molar-refractivity contribution >= 4 is 34.9 Å². The Bertz CT molecular complexity index is 900. The molecule has 6 nitrogen and oxygen atoms in total. The molecule has 0 radical (unpaired) electrons. The molecule has 3 N–H and O–H groups in total. The predicted molar refractivity (Wildman–Crippen MR) is 121 cm³/mol. The molecule has 160 valence electrons. The number of allylic oxidation sites excluding steroid dienone is 3. The fourth-order valence-corrected chi connectivity index (χ4v) is 3.85. The van der Waals surface area contributed by atoms with Gasteiger partial charge in [0.15, 0.2) is 0 Å². The van der Waals surface area contributed by atoms with Gasteiger partial charge in [0.25, 0.3) is 0 Å². The van der Waals surface area contributed by atoms with Gasteiger partial charge in [-0.25, -0.2) is 4.98 Å². The van der Waals surface area contributed by atoms with Crippen LogP contribution in [0.15, 0.2) is 47.7 Å². The molecule has 1 aromatic rings. The lowest BCUT2D eigenvalue weighted by atomic mass is 9.90. The van der Waals surface area contributed by atoms with E-state index in [0.29, 0.717) is 34.9 Å². The molecule has 2 atom stereocenters. The SMILES string of the molecule is C=C(/C=C\C=C(/C)Cl)[C@@H]1CC[C@@H](C)CN1C(=O)C(=O)Nc1cnc(N)c(C2CC2)c1. The van der Waals surface area contributed by atoms with Crippen LogP contribution in [0.1, 0.15) is 51.0 Å². The van der Waals surface area contributed by atoms with Gasteiger partial charge in [0.2, 0.25) is 0 Å². The van der Waals surface area contributed by atoms with E-state index in [-0.39, 0.29) is 6.04 Å². The molecule has 1 aromatic heterocycles. The van der Waals surface area contributed by atoms with Crippen LogP contribution >= 0.6 is 11.6 Å². The van der Waals surface area contributed by atoms with Gasteiger partial charge in [-0.3, -0.25) is 9.59 Å². The van der Waals surface area contributed by atoms with Gasteiger partial charge in [-0.15, -0.1) is 0 Å². The maximum absolute atomic E-state index is 13.0. The van der Waals surface area contributed by atoms with E-state index < -0.39 is 11.8 Å². The van der Waals surface area contributed by atoms with Gasteiger partial charge in [0.05, 0.1) is 17.9 Å². The van der Waals surface area contributed by atoms with Crippen molar-refractivity contribution in [1.29, 1.82) is 0 Å². The predicted octanol–water partition coefficient (Wildman–Crippen LogP) is 4.36. The maximum atomic E-state index is 13.0. The molecule has 1 aliphatic carbocycles. The smallest absolute Gasteiger partial charge is 0.313 e. The zero-order chi connectivity index (χ0) is 21.8. The number of nitrogens with zero attached hydrogens (tertiary/aromatic N) is 2. The summed E-state index contributed by atoms with van der Waals surface area (Å²) in [7, 11) is 0. The minimum Gasteiger partial charge on any atom is -0.383 e. The molecule has 1 aliphatic heterocycles. The molecule has 2 fully saturated rings. The average Bonchev–Trinajstić information content (AvgIpc) is 3.53. The summed E-state index contributed by atoms with van der Waals surface area (Å²) in [5, 5.41) is 3.36. The molecule has 2 amide bonds. The molecule has 3 rings (SSSR count). The number of amides is 2. The van der Waals surface area contributed by atoms with Gasteiger partial charge >= 0.3 is 11.8 Å². The van der Waals surface area contributed by atoms with Gasteiger partial charge in [-0.05, 0) is 67.7 Å². The molecule has 2 aliphatic rings. The lowest BCUT2D eigenvalue weighted by Crippen LogP contribution is -2.50. The molecule has 30 heavy (non-hydrogen) atoms. The highest BCUT2D eigenvalue weighted by Gasteiger charge is 2.34. The number of carbonyl (C=O) groups is 2. The van der Waals surface area contributed by atoms with Crippen LogP contribution < -0.4 is 11.1 Å². The molecule has 2 heterocycles. The van der Waals surface area contributed by atoms with Crippen LogP contribution in [0.5, 0.6) is 0 Å². The molecule has 0 unspecified atom stereocenters. The Morgan fingerprint density at radius 1 is 1.33 bits per heavy atom. The van der Waals surface area contributed by atoms with Crippen molar-refractivity contribution in [3.05, 3.63) is 53.2 Å². The monoisotopic (exact) mass is 428 g/mol. The van der Waals surface area contributed by atoms with E-state index >= 15 is 0 Å². The van der Waals surface area contributed by atoms with Crippen molar-refractivity contribution in [1.82, 2.24) is 9.88 Å². The molecule has 0 bridgehead atoms. The third kappa shape index (κ3) is 5.51. The number of aromatic nitrogens is 1. The molecule has 1 saturated carbocycles. The molecule has 1 saturated heterocycles. The summed E-state index contributed by atoms with van der Waals surface area (Å²) in [5.74, 6) is -0.0284. The minimum atomic E-state index is -0.671. The second-order valence-electron chi connectivity index (χ2n) is 8.27. The number of nitrogen functional groups attached to an aromatic ring is 1. The zero-order valence-corrected chi connectivity index (χ0v) is 18.3. The fraction of sp³-hybridized carbons (Fsp3) is 0.435. The number of pyridine rings is 1. The number of rotatable bonds is 5. The van der Waals surface area contributed by atoms with Crippen LogP contribution in [0.25, 0.3) is 0 Å². The molecular weight excluding hydrogens is 400 g/mol. The number of likely N-dealkylation sites (tertiary alicyclic amines) is 1. The molecule has 0 aromatic carbocycles. The van der Waals surface area contributed by atoms with E-state index in [0.717, 1.165) is 36.8 Å². The van der Waals surface area contributed by atoms with Gasteiger partial charge in [-0.2, -0.15) is 0 Å². The van der Waals surface area contributed by atoms with E-state index in [1.54, 1.807) is 17.9 Å². The third-order valence-corrected chi connectivity index (χ3v) is 5.69. The first-order valence-corrected chi connectivity index (χ1v) is 10.7. The first-order chi connectivity index (χ1) is 14.3. The summed E-state index contributed by atoms with van der Waals surface area (Å²) < 4.78 is 0. The topological polar surface area (TPSA) is 88.3 Å². The molecule has 7 heteroatoms. The minimum absolute atomic E-state index is 0.216. The number of hydrogen-bond acceptors (Lipinski definition) is 4. The van der Waals surface area contributed by atoms with Gasteiger partial charge < -0.3 is 16.0 Å². The standard InChI is InChI=1S/C23H29ClN4O2/c1-14-7-10-20(15(2)5-4-6-16(3)24)28(13-14)23(30)22(29)27-18-11-19(17-8-9-17)21(25)26-12-18/h4-6,11-12,14,17,20H,2,7-10,13H2,1,3H3,(H2,25,26)(H,27,29)/b5-4-,16-6+/t14-,20+/m1/s1. The van der Waals surface area contributed by atoms with Crippen molar-refractivity contribution in [2.45, 2.75) is 51.5 Å². The average molecular weight is 429 g/mol. The summed E-state index contributed by atoms with van der Waals surface area (Å²) in [4.78, 5) is 31.5. The Hall–Kier alpha value is -2.60. The van der Waals surface area contributed by atoms with Crippen LogP contribution in [-0.2, 0) is 9.59 Å². The van der Waals surface area contributed by atoms with Crippen LogP contribution in [0.4, 0.5) is 11.5 Å². The third-order valence-electron chi connectivity index (χ3n) is 5.56. The number of piperidine rings is 1. The number of nitrogens with two attached hydrogens (primary N) is 1. The number of carbonyl (C=O) groups excluding carboxylic acids is 2. The highest BCUT2D eigenvalue weighted by molar-refractivity contribution is 6.39. The van der Waals surface area contributed by atoms with E-state index in [2.05, 4.69) is 23.8 Å². The van der Waals surface area contributed by atoms with E-state index in [4.69, 9.17) is 17.3 Å². The number of anilines is 2. The Balaban J connectivity index is 1.72. The Labute approximate surface area is 182 Å². The van der Waals surface area contributed by atoms with Crippen LogP contribution in [-0.4, -0.2) is 34.3 Å². The zero-order valence-electron chi connectivity index (χ0n) is 17.5. The summed E-state index contributed by atoms with van der Waals surface area (Å²) in [6, 6.07) is 1.61. The Morgan fingerprint density at radius 3 is 2.73 bits per heavy atom. The number of hydrogen-bond donors (Lipinski definition) is 2. The lowest BCUT2D eigenvalue weighted by molar-refractivity contribution is -0.145. The lowest BCUT2D eigenvalue weighted by Gasteiger charge is -2.38. The van der Waals surface area contributed by atoms with Crippen molar-refractivity contribution in [2.75, 3.05) is 17.6 Å². The number of nitrogens with one attached hydrogen (secondary N) is 1. The first kappa shape index (κ1) is 22.1. The van der Waals surface area contributed by atoms with E-state index in [9.17, 15) is 9.59 Å². The van der Waals surface area contributed by atoms with Gasteiger partial charge in [0, 0.05) is 11.6 Å². The Morgan fingerprint density at radius 2 is 2.07 bits per heavy atom. The first-order valence-electron chi connectivity index (χ1n) is 10.3. The van der Waals surface area contributed by atoms with Crippen LogP contribution in [0, 0.1) is 5.92 Å². The largest absolute Gasteiger partial charge is 0.383 e. The summed E-state index contributed by atoms with van der Waals surface area (Å²) >= 11 is 5.86. The van der Waals surface area contributed by atoms with Crippen LogP contribution in [0.3, 0.4) is 0 Å². The van der Waals surface area contributed by atoms with Crippen molar-refractivity contribution in [3.8, 4) is 0 Å². The number of halogens is 1. The molecular formula is C23H29ClN4O2. The quantitative estimate of drug-likeness (QED) is 0.538. The molecule has 0 spiro atoms. The highest BCUT2D eigenvalue weighted by Crippen LogP contribution is 2.42. The maximum Gasteiger partial charge on any atom is 0.313 e. The van der Waals surface area contributed by atoms with Crippen molar-refractivity contribution in [3.63, 3.8) is 0 Å². The summed E-state index contributed by atoms with van der Waals surface area (Å²) in [6.45, 7) is 8.50. The highest BCUT2D eigenvalue weighted by atomic mass is 35.5.